The zero-order chi connectivity index (χ0) is 16.9. The summed E-state index contributed by atoms with van der Waals surface area (Å²) in [5, 5.41) is 0.822. The first-order chi connectivity index (χ1) is 11.7. The van der Waals surface area contributed by atoms with Crippen LogP contribution in [0.5, 0.6) is 5.75 Å². The molecule has 2 heterocycles. The van der Waals surface area contributed by atoms with Crippen molar-refractivity contribution in [1.29, 1.82) is 0 Å². The average Bonchev–Trinajstić information content (AvgIpc) is 2.95. The SMILES string of the molecule is C=CCOc1ccccc1/C=C1/SC(N2CC[NH+](C)CC2)=NC1=O. The standard InChI is InChI=1S/C18H21N3O2S/c1-3-12-23-15-7-5-4-6-14(15)13-16-17(22)19-18(24-16)21-10-8-20(2)9-11-21/h3-7,13H,1,8-12H2,2H3/p+1/b16-13+. The molecule has 0 bridgehead atoms. The Labute approximate surface area is 146 Å². The number of hydrogen-bond acceptors (Lipinski definition) is 4. The molecule has 0 aliphatic carbocycles. The van der Waals surface area contributed by atoms with Gasteiger partial charge in [0.05, 0.1) is 38.1 Å². The number of piperazine rings is 1. The maximum Gasteiger partial charge on any atom is 0.286 e. The first kappa shape index (κ1) is 16.8. The van der Waals surface area contributed by atoms with Gasteiger partial charge in [-0.2, -0.15) is 4.99 Å². The zero-order valence-electron chi connectivity index (χ0n) is 13.8. The molecule has 3 rings (SSSR count). The van der Waals surface area contributed by atoms with Crippen LogP contribution in [0.4, 0.5) is 0 Å². The predicted molar refractivity (Wildman–Crippen MR) is 98.3 cm³/mol. The van der Waals surface area contributed by atoms with Crippen LogP contribution >= 0.6 is 11.8 Å². The number of rotatable bonds is 4. The third kappa shape index (κ3) is 3.88. The molecule has 1 aromatic rings. The van der Waals surface area contributed by atoms with Gasteiger partial charge in [-0.15, -0.1) is 0 Å². The van der Waals surface area contributed by atoms with Gasteiger partial charge in [0, 0.05) is 5.56 Å². The van der Waals surface area contributed by atoms with Crippen molar-refractivity contribution >= 4 is 28.9 Å². The minimum Gasteiger partial charge on any atom is -0.489 e. The lowest BCUT2D eigenvalue weighted by Crippen LogP contribution is -3.12. The Kier molecular flexibility index (Phi) is 5.37. The number of aliphatic imine (C=N–C) groups is 1. The van der Waals surface area contributed by atoms with Gasteiger partial charge in [0.2, 0.25) is 0 Å². The van der Waals surface area contributed by atoms with Gasteiger partial charge in [0.1, 0.15) is 12.4 Å². The summed E-state index contributed by atoms with van der Waals surface area (Å²) >= 11 is 1.46. The number of para-hydroxylation sites is 1. The van der Waals surface area contributed by atoms with Crippen LogP contribution in [0.2, 0.25) is 0 Å². The van der Waals surface area contributed by atoms with Crippen molar-refractivity contribution in [2.75, 3.05) is 39.8 Å². The van der Waals surface area contributed by atoms with E-state index in [-0.39, 0.29) is 5.91 Å². The number of benzene rings is 1. The van der Waals surface area contributed by atoms with Crippen LogP contribution in [-0.4, -0.2) is 55.8 Å². The van der Waals surface area contributed by atoms with Crippen molar-refractivity contribution in [1.82, 2.24) is 4.90 Å². The van der Waals surface area contributed by atoms with E-state index >= 15 is 0 Å². The van der Waals surface area contributed by atoms with Crippen molar-refractivity contribution in [3.63, 3.8) is 0 Å². The summed E-state index contributed by atoms with van der Waals surface area (Å²) in [4.78, 5) is 20.9. The maximum atomic E-state index is 12.3. The molecule has 1 saturated heterocycles. The second-order valence-electron chi connectivity index (χ2n) is 5.89. The number of ether oxygens (including phenoxy) is 1. The molecule has 0 saturated carbocycles. The number of quaternary nitrogens is 1. The van der Waals surface area contributed by atoms with Crippen molar-refractivity contribution in [2.24, 2.45) is 4.99 Å². The minimum atomic E-state index is -0.167. The highest BCUT2D eigenvalue weighted by Gasteiger charge is 2.28. The van der Waals surface area contributed by atoms with Gasteiger partial charge < -0.3 is 14.5 Å². The van der Waals surface area contributed by atoms with Crippen LogP contribution in [0.1, 0.15) is 5.56 Å². The third-order valence-electron chi connectivity index (χ3n) is 4.06. The minimum absolute atomic E-state index is 0.167. The van der Waals surface area contributed by atoms with Crippen molar-refractivity contribution < 1.29 is 14.4 Å². The molecule has 1 amide bonds. The fourth-order valence-corrected chi connectivity index (χ4v) is 3.59. The first-order valence-corrected chi connectivity index (χ1v) is 8.90. The average molecular weight is 344 g/mol. The number of nitrogens with one attached hydrogen (secondary N) is 1. The molecule has 5 nitrogen and oxygen atoms in total. The summed E-state index contributed by atoms with van der Waals surface area (Å²) < 4.78 is 5.65. The van der Waals surface area contributed by atoms with Crippen molar-refractivity contribution in [3.05, 3.63) is 47.4 Å². The van der Waals surface area contributed by atoms with Crippen molar-refractivity contribution in [2.45, 2.75) is 0 Å². The summed E-state index contributed by atoms with van der Waals surface area (Å²) in [6, 6.07) is 7.68. The molecule has 24 heavy (non-hydrogen) atoms. The van der Waals surface area contributed by atoms with Gasteiger partial charge in [-0.3, -0.25) is 4.79 Å². The fourth-order valence-electron chi connectivity index (χ4n) is 2.63. The molecule has 2 aliphatic heterocycles. The van der Waals surface area contributed by atoms with E-state index in [9.17, 15) is 4.79 Å². The Morgan fingerprint density at radius 3 is 2.88 bits per heavy atom. The molecule has 0 atom stereocenters. The number of likely N-dealkylation sites (N-methyl/N-ethyl adjacent to an activating group) is 1. The molecule has 0 aromatic heterocycles. The normalized spacial score (nSPS) is 20.4. The summed E-state index contributed by atoms with van der Waals surface area (Å²) in [5.41, 5.74) is 0.884. The van der Waals surface area contributed by atoms with E-state index in [1.807, 2.05) is 30.3 Å². The van der Waals surface area contributed by atoms with Gasteiger partial charge in [-0.1, -0.05) is 30.9 Å². The summed E-state index contributed by atoms with van der Waals surface area (Å²) in [7, 11) is 2.19. The molecule has 1 fully saturated rings. The highest BCUT2D eigenvalue weighted by atomic mass is 32.2. The summed E-state index contributed by atoms with van der Waals surface area (Å²) in [6.07, 6.45) is 3.57. The number of thioether (sulfide) groups is 1. The van der Waals surface area contributed by atoms with E-state index in [0.29, 0.717) is 11.5 Å². The number of nitrogens with zero attached hydrogens (tertiary/aromatic N) is 2. The molecule has 0 radical (unpaired) electrons. The van der Waals surface area contributed by atoms with Gasteiger partial charge in [0.15, 0.2) is 5.17 Å². The van der Waals surface area contributed by atoms with Crippen LogP contribution in [-0.2, 0) is 4.79 Å². The summed E-state index contributed by atoms with van der Waals surface area (Å²) in [6.45, 7) is 8.13. The zero-order valence-corrected chi connectivity index (χ0v) is 14.6. The van der Waals surface area contributed by atoms with Gasteiger partial charge in [0.25, 0.3) is 5.91 Å². The second-order valence-corrected chi connectivity index (χ2v) is 6.90. The Bertz CT molecular complexity index is 691. The highest BCUT2D eigenvalue weighted by Crippen LogP contribution is 2.32. The third-order valence-corrected chi connectivity index (χ3v) is 5.10. The summed E-state index contributed by atoms with van der Waals surface area (Å²) in [5.74, 6) is 0.578. The number of hydrogen-bond donors (Lipinski definition) is 1. The van der Waals surface area contributed by atoms with Gasteiger partial charge in [-0.05, 0) is 23.9 Å². The van der Waals surface area contributed by atoms with E-state index in [1.165, 1.54) is 16.7 Å². The van der Waals surface area contributed by atoms with Crippen LogP contribution in [0.25, 0.3) is 6.08 Å². The number of amides is 1. The topological polar surface area (TPSA) is 46.3 Å². The fraction of sp³-hybridized carbons (Fsp3) is 0.333. The molecule has 6 heteroatoms. The van der Waals surface area contributed by atoms with Gasteiger partial charge in [-0.25, -0.2) is 0 Å². The molecule has 0 unspecified atom stereocenters. The van der Waals surface area contributed by atoms with E-state index in [0.717, 1.165) is 42.7 Å². The predicted octanol–water partition coefficient (Wildman–Crippen LogP) is 1.05. The number of carbonyl (C=O) groups is 1. The highest BCUT2D eigenvalue weighted by molar-refractivity contribution is 8.18. The van der Waals surface area contributed by atoms with Gasteiger partial charge >= 0.3 is 0 Å². The van der Waals surface area contributed by atoms with Crippen LogP contribution < -0.4 is 9.64 Å². The van der Waals surface area contributed by atoms with Crippen molar-refractivity contribution in [3.8, 4) is 5.75 Å². The first-order valence-electron chi connectivity index (χ1n) is 8.09. The van der Waals surface area contributed by atoms with E-state index in [1.54, 1.807) is 6.08 Å². The lowest BCUT2D eigenvalue weighted by molar-refractivity contribution is -0.883. The molecule has 2 aliphatic rings. The Balaban J connectivity index is 1.74. The molecule has 0 spiro atoms. The molecular weight excluding hydrogens is 322 g/mol. The molecule has 1 aromatic carbocycles. The van der Waals surface area contributed by atoms with Crippen LogP contribution in [0, 0.1) is 0 Å². The Morgan fingerprint density at radius 2 is 2.12 bits per heavy atom. The number of carbonyl (C=O) groups excluding carboxylic acids is 1. The van der Waals surface area contributed by atoms with E-state index < -0.39 is 0 Å². The van der Waals surface area contributed by atoms with Crippen LogP contribution in [0.3, 0.4) is 0 Å². The van der Waals surface area contributed by atoms with Crippen LogP contribution in [0.15, 0.2) is 46.8 Å². The number of amidine groups is 1. The lowest BCUT2D eigenvalue weighted by atomic mass is 10.2. The second kappa shape index (κ2) is 7.68. The molecule has 126 valence electrons. The Hall–Kier alpha value is -2.05. The van der Waals surface area contributed by atoms with E-state index in [4.69, 9.17) is 4.74 Å². The molecular formula is C18H22N3O2S+. The maximum absolute atomic E-state index is 12.3. The monoisotopic (exact) mass is 344 g/mol. The molecule has 1 N–H and O–H groups in total. The van der Waals surface area contributed by atoms with E-state index in [2.05, 4.69) is 23.5 Å². The largest absolute Gasteiger partial charge is 0.489 e. The Morgan fingerprint density at radius 1 is 1.38 bits per heavy atom. The smallest absolute Gasteiger partial charge is 0.286 e. The quantitative estimate of drug-likeness (QED) is 0.655. The lowest BCUT2D eigenvalue weighted by Gasteiger charge is -2.30.